The number of urea groups is 1. The predicted molar refractivity (Wildman–Crippen MR) is 96.8 cm³/mol. The van der Waals surface area contributed by atoms with Gasteiger partial charge in [-0.1, -0.05) is 36.4 Å². The van der Waals surface area contributed by atoms with Gasteiger partial charge < -0.3 is 15.5 Å². The Morgan fingerprint density at radius 2 is 1.88 bits per heavy atom. The van der Waals surface area contributed by atoms with E-state index in [-0.39, 0.29) is 11.6 Å². The van der Waals surface area contributed by atoms with E-state index in [1.165, 1.54) is 30.0 Å². The molecule has 0 atom stereocenters. The molecule has 0 aliphatic rings. The predicted octanol–water partition coefficient (Wildman–Crippen LogP) is 4.00. The lowest BCUT2D eigenvalue weighted by Gasteiger charge is -2.22. The lowest BCUT2D eigenvalue weighted by atomic mass is 10.2. The zero-order valence-corrected chi connectivity index (χ0v) is 14.0. The Morgan fingerprint density at radius 1 is 1.16 bits per heavy atom. The molecular weight excluding hydrogens is 321 g/mol. The Hall–Kier alpha value is -3.15. The fourth-order valence-electron chi connectivity index (χ4n) is 2.28. The zero-order chi connectivity index (χ0) is 18.2. The second kappa shape index (κ2) is 8.63. The topological polar surface area (TPSA) is 61.4 Å². The van der Waals surface area contributed by atoms with Gasteiger partial charge in [0.1, 0.15) is 5.82 Å². The Labute approximate surface area is 146 Å². The number of halogens is 1. The summed E-state index contributed by atoms with van der Waals surface area (Å²) in [6.07, 6.45) is 1.60. The smallest absolute Gasteiger partial charge is 0.322 e. The number of hydrogen-bond acceptors (Lipinski definition) is 2. The highest BCUT2D eigenvalue weighted by Gasteiger charge is 2.15. The molecule has 5 nitrogen and oxygen atoms in total. The van der Waals surface area contributed by atoms with Gasteiger partial charge in [0.25, 0.3) is 0 Å². The second-order valence-corrected chi connectivity index (χ2v) is 5.46. The minimum absolute atomic E-state index is 0.00151. The quantitative estimate of drug-likeness (QED) is 0.780. The molecule has 0 aliphatic heterocycles. The standard InChI is InChI=1S/C19H20FN3O2/c1-3-11-23(13-15-7-5-4-6-8-15)19(25)22-18-12-16(21-14(2)24)9-10-17(18)20/h3-10,12H,1,11,13H2,2H3,(H,21,24)(H,22,25). The summed E-state index contributed by atoms with van der Waals surface area (Å²) in [5.74, 6) is -0.859. The molecule has 0 saturated carbocycles. The van der Waals surface area contributed by atoms with Gasteiger partial charge >= 0.3 is 6.03 Å². The summed E-state index contributed by atoms with van der Waals surface area (Å²) in [4.78, 5) is 25.1. The summed E-state index contributed by atoms with van der Waals surface area (Å²) < 4.78 is 14.0. The first-order chi connectivity index (χ1) is 12.0. The Morgan fingerprint density at radius 3 is 2.52 bits per heavy atom. The van der Waals surface area contributed by atoms with Gasteiger partial charge in [-0.3, -0.25) is 4.79 Å². The van der Waals surface area contributed by atoms with Crippen LogP contribution in [0.4, 0.5) is 20.6 Å². The molecule has 0 saturated heterocycles. The maximum atomic E-state index is 14.0. The third-order valence-electron chi connectivity index (χ3n) is 3.38. The fraction of sp³-hybridized carbons (Fsp3) is 0.158. The summed E-state index contributed by atoms with van der Waals surface area (Å²) in [6, 6.07) is 13.0. The summed E-state index contributed by atoms with van der Waals surface area (Å²) >= 11 is 0. The van der Waals surface area contributed by atoms with Crippen molar-refractivity contribution in [3.8, 4) is 0 Å². The molecule has 0 bridgehead atoms. The number of rotatable bonds is 6. The number of carbonyl (C=O) groups excluding carboxylic acids is 2. The first-order valence-corrected chi connectivity index (χ1v) is 7.77. The highest BCUT2D eigenvalue weighted by Crippen LogP contribution is 2.20. The van der Waals surface area contributed by atoms with E-state index < -0.39 is 11.8 Å². The molecule has 2 aromatic carbocycles. The van der Waals surface area contributed by atoms with Crippen molar-refractivity contribution in [1.29, 1.82) is 0 Å². The molecule has 2 aromatic rings. The monoisotopic (exact) mass is 341 g/mol. The lowest BCUT2D eigenvalue weighted by molar-refractivity contribution is -0.114. The summed E-state index contributed by atoms with van der Waals surface area (Å²) in [7, 11) is 0. The average Bonchev–Trinajstić information content (AvgIpc) is 2.58. The molecule has 25 heavy (non-hydrogen) atoms. The zero-order valence-electron chi connectivity index (χ0n) is 14.0. The van der Waals surface area contributed by atoms with Crippen LogP contribution in [0.2, 0.25) is 0 Å². The van der Waals surface area contributed by atoms with Gasteiger partial charge in [-0.05, 0) is 23.8 Å². The molecule has 0 radical (unpaired) electrons. The van der Waals surface area contributed by atoms with Crippen LogP contribution in [0.15, 0.2) is 61.2 Å². The van der Waals surface area contributed by atoms with Gasteiger partial charge in [-0.15, -0.1) is 6.58 Å². The van der Waals surface area contributed by atoms with Crippen molar-refractivity contribution in [3.05, 3.63) is 72.6 Å². The van der Waals surface area contributed by atoms with Crippen LogP contribution in [0.3, 0.4) is 0 Å². The van der Waals surface area contributed by atoms with Crippen LogP contribution in [0.25, 0.3) is 0 Å². The molecule has 0 fully saturated rings. The van der Waals surface area contributed by atoms with Crippen molar-refractivity contribution in [2.45, 2.75) is 13.5 Å². The molecule has 0 unspecified atom stereocenters. The molecule has 0 spiro atoms. The molecule has 3 amide bonds. The van der Waals surface area contributed by atoms with E-state index in [4.69, 9.17) is 0 Å². The van der Waals surface area contributed by atoms with Gasteiger partial charge in [-0.25, -0.2) is 9.18 Å². The van der Waals surface area contributed by atoms with Crippen LogP contribution in [0.5, 0.6) is 0 Å². The number of hydrogen-bond donors (Lipinski definition) is 2. The van der Waals surface area contributed by atoms with Crippen LogP contribution < -0.4 is 10.6 Å². The molecule has 0 aromatic heterocycles. The highest BCUT2D eigenvalue weighted by molar-refractivity contribution is 5.92. The minimum Gasteiger partial charge on any atom is -0.326 e. The Kier molecular flexibility index (Phi) is 6.28. The molecule has 2 N–H and O–H groups in total. The number of amides is 3. The van der Waals surface area contributed by atoms with Crippen LogP contribution >= 0.6 is 0 Å². The summed E-state index contributed by atoms with van der Waals surface area (Å²) in [5, 5.41) is 5.10. The molecular formula is C19H20FN3O2. The largest absolute Gasteiger partial charge is 0.326 e. The van der Waals surface area contributed by atoms with E-state index in [9.17, 15) is 14.0 Å². The lowest BCUT2D eigenvalue weighted by Crippen LogP contribution is -2.34. The van der Waals surface area contributed by atoms with Gasteiger partial charge in [0.2, 0.25) is 5.91 Å². The van der Waals surface area contributed by atoms with E-state index in [0.717, 1.165) is 5.56 Å². The van der Waals surface area contributed by atoms with Gasteiger partial charge in [0, 0.05) is 25.7 Å². The van der Waals surface area contributed by atoms with E-state index >= 15 is 0 Å². The Balaban J connectivity index is 2.14. The van der Waals surface area contributed by atoms with E-state index in [1.54, 1.807) is 6.08 Å². The van der Waals surface area contributed by atoms with Crippen molar-refractivity contribution in [2.24, 2.45) is 0 Å². The number of nitrogens with one attached hydrogen (secondary N) is 2. The van der Waals surface area contributed by atoms with Crippen molar-refractivity contribution >= 4 is 23.3 Å². The van der Waals surface area contributed by atoms with Gasteiger partial charge in [0.05, 0.1) is 5.69 Å². The van der Waals surface area contributed by atoms with E-state index in [0.29, 0.717) is 18.8 Å². The summed E-state index contributed by atoms with van der Waals surface area (Å²) in [6.45, 7) is 5.69. The van der Waals surface area contributed by atoms with Crippen molar-refractivity contribution in [2.75, 3.05) is 17.2 Å². The third kappa shape index (κ3) is 5.46. The number of carbonyl (C=O) groups is 2. The molecule has 2 rings (SSSR count). The second-order valence-electron chi connectivity index (χ2n) is 5.46. The summed E-state index contributed by atoms with van der Waals surface area (Å²) in [5.41, 5.74) is 1.35. The highest BCUT2D eigenvalue weighted by atomic mass is 19.1. The SMILES string of the molecule is C=CCN(Cc1ccccc1)C(=O)Nc1cc(NC(C)=O)ccc1F. The fourth-order valence-corrected chi connectivity index (χ4v) is 2.28. The maximum Gasteiger partial charge on any atom is 0.322 e. The first-order valence-electron chi connectivity index (χ1n) is 7.77. The number of benzene rings is 2. The molecule has 0 heterocycles. The third-order valence-corrected chi connectivity index (χ3v) is 3.38. The molecule has 0 aliphatic carbocycles. The average molecular weight is 341 g/mol. The van der Waals surface area contributed by atoms with Crippen LogP contribution in [0.1, 0.15) is 12.5 Å². The van der Waals surface area contributed by atoms with Crippen molar-refractivity contribution in [1.82, 2.24) is 4.90 Å². The first kappa shape index (κ1) is 18.2. The maximum absolute atomic E-state index is 14.0. The van der Waals surface area contributed by atoms with Crippen molar-refractivity contribution in [3.63, 3.8) is 0 Å². The minimum atomic E-state index is -0.583. The van der Waals surface area contributed by atoms with E-state index in [1.807, 2.05) is 30.3 Å². The number of nitrogens with zero attached hydrogens (tertiary/aromatic N) is 1. The number of anilines is 2. The van der Waals surface area contributed by atoms with Crippen LogP contribution in [0, 0.1) is 5.82 Å². The van der Waals surface area contributed by atoms with Crippen LogP contribution in [-0.4, -0.2) is 23.4 Å². The molecule has 130 valence electrons. The molecule has 6 heteroatoms. The van der Waals surface area contributed by atoms with Gasteiger partial charge in [-0.2, -0.15) is 0 Å². The van der Waals surface area contributed by atoms with Gasteiger partial charge in [0.15, 0.2) is 0 Å². The van der Waals surface area contributed by atoms with Crippen molar-refractivity contribution < 1.29 is 14.0 Å². The normalized spacial score (nSPS) is 10.0. The van der Waals surface area contributed by atoms with Crippen LogP contribution in [-0.2, 0) is 11.3 Å². The van der Waals surface area contributed by atoms with E-state index in [2.05, 4.69) is 17.2 Å². The Bertz CT molecular complexity index is 763.